The van der Waals surface area contributed by atoms with E-state index in [-0.39, 0.29) is 5.91 Å². The van der Waals surface area contributed by atoms with Crippen LogP contribution in [0.2, 0.25) is 0 Å². The van der Waals surface area contributed by atoms with E-state index in [4.69, 9.17) is 4.74 Å². The van der Waals surface area contributed by atoms with Crippen LogP contribution >= 0.6 is 15.9 Å². The van der Waals surface area contributed by atoms with Gasteiger partial charge in [-0.05, 0) is 23.8 Å². The van der Waals surface area contributed by atoms with Gasteiger partial charge in [0.2, 0.25) is 0 Å². The maximum atomic E-state index is 12.2. The van der Waals surface area contributed by atoms with Crippen molar-refractivity contribution in [3.8, 4) is 0 Å². The number of halogens is 1. The third-order valence-corrected chi connectivity index (χ3v) is 3.58. The fourth-order valence-corrected chi connectivity index (χ4v) is 2.24. The summed E-state index contributed by atoms with van der Waals surface area (Å²) in [4.78, 5) is 12.2. The van der Waals surface area contributed by atoms with Crippen molar-refractivity contribution in [1.82, 2.24) is 0 Å². The van der Waals surface area contributed by atoms with Crippen LogP contribution in [-0.4, -0.2) is 13.0 Å². The molecule has 104 valence electrons. The van der Waals surface area contributed by atoms with Gasteiger partial charge in [0.05, 0.1) is 6.61 Å². The van der Waals surface area contributed by atoms with Gasteiger partial charge in [0.25, 0.3) is 5.91 Å². The topological polar surface area (TPSA) is 38.3 Å². The Morgan fingerprint density at radius 3 is 2.50 bits per heavy atom. The van der Waals surface area contributed by atoms with E-state index in [9.17, 15) is 4.79 Å². The van der Waals surface area contributed by atoms with Gasteiger partial charge in [-0.25, -0.2) is 0 Å². The molecule has 0 saturated carbocycles. The minimum absolute atomic E-state index is 0.116. The minimum atomic E-state index is -0.116. The lowest BCUT2D eigenvalue weighted by molar-refractivity contribution is 0.102. The van der Waals surface area contributed by atoms with Crippen LogP contribution in [0.5, 0.6) is 0 Å². The summed E-state index contributed by atoms with van der Waals surface area (Å²) in [6.45, 7) is 0.471. The molecule has 0 radical (unpaired) electrons. The second-order valence-electron chi connectivity index (χ2n) is 4.37. The number of carbonyl (C=O) groups is 1. The first-order valence-electron chi connectivity index (χ1n) is 6.27. The van der Waals surface area contributed by atoms with Crippen LogP contribution in [0.1, 0.15) is 21.5 Å². The zero-order valence-electron chi connectivity index (χ0n) is 11.2. The van der Waals surface area contributed by atoms with Crippen molar-refractivity contribution in [2.75, 3.05) is 12.4 Å². The van der Waals surface area contributed by atoms with Gasteiger partial charge in [-0.3, -0.25) is 4.79 Å². The van der Waals surface area contributed by atoms with E-state index in [1.165, 1.54) is 0 Å². The molecule has 3 nitrogen and oxygen atoms in total. The number of carbonyl (C=O) groups excluding carboxylic acids is 1. The number of para-hydroxylation sites is 1. The molecular formula is C16H16BrNO2. The molecular weight excluding hydrogens is 318 g/mol. The van der Waals surface area contributed by atoms with E-state index < -0.39 is 0 Å². The van der Waals surface area contributed by atoms with Gasteiger partial charge in [0.1, 0.15) is 0 Å². The molecule has 2 rings (SSSR count). The zero-order valence-corrected chi connectivity index (χ0v) is 12.8. The largest absolute Gasteiger partial charge is 0.380 e. The van der Waals surface area contributed by atoms with Gasteiger partial charge in [-0.1, -0.05) is 46.3 Å². The third kappa shape index (κ3) is 3.68. The maximum Gasteiger partial charge on any atom is 0.255 e. The average Bonchev–Trinajstić information content (AvgIpc) is 2.49. The highest BCUT2D eigenvalue weighted by Crippen LogP contribution is 2.17. The standard InChI is InChI=1S/C16H16BrNO2/c1-20-11-14-4-2-3-5-15(14)18-16(19)13-8-6-12(10-17)7-9-13/h2-9H,10-11H2,1H3,(H,18,19). The van der Waals surface area contributed by atoms with Gasteiger partial charge in [0, 0.05) is 29.3 Å². The lowest BCUT2D eigenvalue weighted by Crippen LogP contribution is -2.13. The molecule has 0 atom stereocenters. The number of methoxy groups -OCH3 is 1. The van der Waals surface area contributed by atoms with Crippen LogP contribution in [0.25, 0.3) is 0 Å². The molecule has 0 bridgehead atoms. The Morgan fingerprint density at radius 2 is 1.85 bits per heavy atom. The Hall–Kier alpha value is -1.65. The van der Waals surface area contributed by atoms with Crippen LogP contribution in [0.15, 0.2) is 48.5 Å². The molecule has 0 unspecified atom stereocenters. The highest BCUT2D eigenvalue weighted by molar-refractivity contribution is 9.08. The van der Waals surface area contributed by atoms with Crippen molar-refractivity contribution >= 4 is 27.5 Å². The first kappa shape index (κ1) is 14.8. The molecule has 1 amide bonds. The predicted molar refractivity (Wildman–Crippen MR) is 84.2 cm³/mol. The minimum Gasteiger partial charge on any atom is -0.380 e. The fraction of sp³-hybridized carbons (Fsp3) is 0.188. The van der Waals surface area contributed by atoms with Crippen molar-refractivity contribution < 1.29 is 9.53 Å². The Balaban J connectivity index is 2.14. The molecule has 0 aliphatic heterocycles. The molecule has 4 heteroatoms. The number of ether oxygens (including phenoxy) is 1. The molecule has 0 aliphatic rings. The number of alkyl halides is 1. The number of rotatable bonds is 5. The van der Waals surface area contributed by atoms with E-state index in [0.29, 0.717) is 12.2 Å². The lowest BCUT2D eigenvalue weighted by Gasteiger charge is -2.10. The highest BCUT2D eigenvalue weighted by Gasteiger charge is 2.08. The predicted octanol–water partition coefficient (Wildman–Crippen LogP) is 3.98. The number of hydrogen-bond donors (Lipinski definition) is 1. The van der Waals surface area contributed by atoms with Gasteiger partial charge in [-0.2, -0.15) is 0 Å². The number of hydrogen-bond acceptors (Lipinski definition) is 2. The zero-order chi connectivity index (χ0) is 14.4. The summed E-state index contributed by atoms with van der Waals surface area (Å²) in [7, 11) is 1.64. The van der Waals surface area contributed by atoms with Crippen LogP contribution in [-0.2, 0) is 16.7 Å². The summed E-state index contributed by atoms with van der Waals surface area (Å²) < 4.78 is 5.13. The van der Waals surface area contributed by atoms with Crippen molar-refractivity contribution in [1.29, 1.82) is 0 Å². The van der Waals surface area contributed by atoms with Crippen molar-refractivity contribution in [3.05, 3.63) is 65.2 Å². The Kier molecular flexibility index (Phi) is 5.32. The molecule has 0 spiro atoms. The Labute approximate surface area is 127 Å². The number of anilines is 1. The second-order valence-corrected chi connectivity index (χ2v) is 4.94. The van der Waals surface area contributed by atoms with Crippen LogP contribution < -0.4 is 5.32 Å². The summed E-state index contributed by atoms with van der Waals surface area (Å²) in [5.74, 6) is -0.116. The fourth-order valence-electron chi connectivity index (χ4n) is 1.86. The van der Waals surface area contributed by atoms with E-state index in [1.54, 1.807) is 7.11 Å². The smallest absolute Gasteiger partial charge is 0.255 e. The average molecular weight is 334 g/mol. The highest BCUT2D eigenvalue weighted by atomic mass is 79.9. The monoisotopic (exact) mass is 333 g/mol. The van der Waals surface area contributed by atoms with E-state index in [2.05, 4.69) is 21.2 Å². The quantitative estimate of drug-likeness (QED) is 0.840. The van der Waals surface area contributed by atoms with Crippen molar-refractivity contribution in [2.45, 2.75) is 11.9 Å². The molecule has 0 saturated heterocycles. The number of benzene rings is 2. The number of nitrogens with one attached hydrogen (secondary N) is 1. The Morgan fingerprint density at radius 1 is 1.15 bits per heavy atom. The summed E-state index contributed by atoms with van der Waals surface area (Å²) in [6, 6.07) is 15.1. The molecule has 2 aromatic carbocycles. The van der Waals surface area contributed by atoms with Crippen molar-refractivity contribution in [2.24, 2.45) is 0 Å². The summed E-state index contributed by atoms with van der Waals surface area (Å²) in [5, 5.41) is 3.70. The van der Waals surface area contributed by atoms with Gasteiger partial charge in [0.15, 0.2) is 0 Å². The molecule has 2 aromatic rings. The summed E-state index contributed by atoms with van der Waals surface area (Å²) in [6.07, 6.45) is 0. The Bertz CT molecular complexity index is 581. The SMILES string of the molecule is COCc1ccccc1NC(=O)c1ccc(CBr)cc1. The molecule has 0 aromatic heterocycles. The third-order valence-electron chi connectivity index (χ3n) is 2.94. The summed E-state index contributed by atoms with van der Waals surface area (Å²) >= 11 is 3.39. The van der Waals surface area contributed by atoms with E-state index >= 15 is 0 Å². The molecule has 0 heterocycles. The first-order valence-corrected chi connectivity index (χ1v) is 7.40. The molecule has 0 aliphatic carbocycles. The van der Waals surface area contributed by atoms with Gasteiger partial charge >= 0.3 is 0 Å². The van der Waals surface area contributed by atoms with Crippen LogP contribution in [0, 0.1) is 0 Å². The maximum absolute atomic E-state index is 12.2. The summed E-state index contributed by atoms with van der Waals surface area (Å²) in [5.41, 5.74) is 3.52. The van der Waals surface area contributed by atoms with E-state index in [0.717, 1.165) is 22.1 Å². The van der Waals surface area contributed by atoms with Crippen LogP contribution in [0.4, 0.5) is 5.69 Å². The molecule has 0 fully saturated rings. The second kappa shape index (κ2) is 7.22. The van der Waals surface area contributed by atoms with Gasteiger partial charge in [-0.15, -0.1) is 0 Å². The lowest BCUT2D eigenvalue weighted by atomic mass is 10.1. The molecule has 20 heavy (non-hydrogen) atoms. The van der Waals surface area contributed by atoms with Crippen molar-refractivity contribution in [3.63, 3.8) is 0 Å². The first-order chi connectivity index (χ1) is 9.74. The normalized spacial score (nSPS) is 10.3. The molecule has 1 N–H and O–H groups in total. The van der Waals surface area contributed by atoms with Gasteiger partial charge < -0.3 is 10.1 Å². The van der Waals surface area contributed by atoms with E-state index in [1.807, 2.05) is 48.5 Å². The van der Waals surface area contributed by atoms with Crippen LogP contribution in [0.3, 0.4) is 0 Å². The number of amides is 1.